The first-order valence-electron chi connectivity index (χ1n) is 8.81. The Hall–Kier alpha value is -1.97. The average Bonchev–Trinajstić information content (AvgIpc) is 2.80. The summed E-state index contributed by atoms with van der Waals surface area (Å²) in [6, 6.07) is 6.73. The number of rotatable bonds is 1. The van der Waals surface area contributed by atoms with Crippen molar-refractivity contribution in [2.75, 3.05) is 13.1 Å². The van der Waals surface area contributed by atoms with Crippen molar-refractivity contribution in [3.8, 4) is 0 Å². The number of aromatic amines is 1. The van der Waals surface area contributed by atoms with Crippen molar-refractivity contribution in [2.24, 2.45) is 0 Å². The van der Waals surface area contributed by atoms with Gasteiger partial charge in [-0.2, -0.15) is 0 Å². The molecule has 1 N–H and O–H groups in total. The van der Waals surface area contributed by atoms with E-state index >= 15 is 0 Å². The highest BCUT2D eigenvalue weighted by molar-refractivity contribution is 5.85. The topological polar surface area (TPSA) is 45.3 Å². The number of carbonyl (C=O) groups is 1. The number of likely N-dealkylation sites (tertiary alicyclic amines) is 1. The van der Waals surface area contributed by atoms with E-state index in [1.807, 2.05) is 25.7 Å². The third-order valence-corrected chi connectivity index (χ3v) is 4.95. The summed E-state index contributed by atoms with van der Waals surface area (Å²) in [4.78, 5) is 17.4. The summed E-state index contributed by atoms with van der Waals surface area (Å²) < 4.78 is 5.48. The maximum atomic E-state index is 12.2. The first-order valence-corrected chi connectivity index (χ1v) is 8.81. The van der Waals surface area contributed by atoms with Crippen LogP contribution in [-0.4, -0.2) is 34.7 Å². The van der Waals surface area contributed by atoms with Crippen LogP contribution in [0, 0.1) is 13.8 Å². The molecule has 0 spiro atoms. The van der Waals surface area contributed by atoms with Crippen LogP contribution in [0.3, 0.4) is 0 Å². The van der Waals surface area contributed by atoms with Crippen LogP contribution in [-0.2, 0) is 4.74 Å². The zero-order valence-corrected chi connectivity index (χ0v) is 15.4. The number of piperidine rings is 1. The van der Waals surface area contributed by atoms with Gasteiger partial charge in [-0.3, -0.25) is 0 Å². The van der Waals surface area contributed by atoms with E-state index in [9.17, 15) is 4.79 Å². The molecule has 2 aromatic rings. The minimum Gasteiger partial charge on any atom is -0.444 e. The zero-order valence-electron chi connectivity index (χ0n) is 15.4. The van der Waals surface area contributed by atoms with Crippen molar-refractivity contribution in [3.05, 3.63) is 35.0 Å². The molecule has 0 atom stereocenters. The van der Waals surface area contributed by atoms with Crippen molar-refractivity contribution in [1.82, 2.24) is 9.88 Å². The summed E-state index contributed by atoms with van der Waals surface area (Å²) in [5.74, 6) is 0.516. The highest BCUT2D eigenvalue weighted by Gasteiger charge is 2.27. The number of nitrogens with one attached hydrogen (secondary N) is 1. The lowest BCUT2D eigenvalue weighted by Crippen LogP contribution is -2.41. The third kappa shape index (κ3) is 3.42. The van der Waals surface area contributed by atoms with E-state index in [1.54, 1.807) is 0 Å². The fourth-order valence-electron chi connectivity index (χ4n) is 3.45. The van der Waals surface area contributed by atoms with Gasteiger partial charge in [0, 0.05) is 29.7 Å². The van der Waals surface area contributed by atoms with Crippen LogP contribution in [0.15, 0.2) is 18.2 Å². The van der Waals surface area contributed by atoms with E-state index in [0.29, 0.717) is 5.92 Å². The van der Waals surface area contributed by atoms with Gasteiger partial charge in [0.25, 0.3) is 0 Å². The molecule has 24 heavy (non-hydrogen) atoms. The second-order valence-electron chi connectivity index (χ2n) is 7.92. The van der Waals surface area contributed by atoms with Gasteiger partial charge in [0.15, 0.2) is 0 Å². The number of aromatic nitrogens is 1. The normalized spacial score (nSPS) is 16.6. The second kappa shape index (κ2) is 6.15. The zero-order chi connectivity index (χ0) is 17.5. The molecule has 1 amide bonds. The molecule has 130 valence electrons. The SMILES string of the molecule is Cc1[nH]c2ccc(C3CCN(C(=O)OC(C)(C)C)CC3)cc2c1C. The Kier molecular flexibility index (Phi) is 4.33. The van der Waals surface area contributed by atoms with Crippen molar-refractivity contribution >= 4 is 17.0 Å². The maximum Gasteiger partial charge on any atom is 0.410 e. The van der Waals surface area contributed by atoms with E-state index in [1.165, 1.54) is 27.7 Å². The summed E-state index contributed by atoms with van der Waals surface area (Å²) in [6.45, 7) is 11.6. The minimum atomic E-state index is -0.428. The van der Waals surface area contributed by atoms with Crippen LogP contribution < -0.4 is 0 Å². The van der Waals surface area contributed by atoms with E-state index in [2.05, 4.69) is 37.0 Å². The summed E-state index contributed by atoms with van der Waals surface area (Å²) in [5.41, 5.74) is 4.73. The monoisotopic (exact) mass is 328 g/mol. The molecule has 1 aromatic heterocycles. The lowest BCUT2D eigenvalue weighted by molar-refractivity contribution is 0.0205. The highest BCUT2D eigenvalue weighted by Crippen LogP contribution is 2.32. The molecule has 0 aliphatic carbocycles. The molecule has 4 nitrogen and oxygen atoms in total. The number of carbonyl (C=O) groups excluding carboxylic acids is 1. The molecule has 0 bridgehead atoms. The summed E-state index contributed by atoms with van der Waals surface area (Å²) in [7, 11) is 0. The number of H-pyrrole nitrogens is 1. The van der Waals surface area contributed by atoms with Gasteiger partial charge in [-0.15, -0.1) is 0 Å². The molecule has 1 aliphatic heterocycles. The summed E-state index contributed by atoms with van der Waals surface area (Å²) in [5, 5.41) is 1.32. The van der Waals surface area contributed by atoms with Crippen LogP contribution in [0.4, 0.5) is 4.79 Å². The number of fused-ring (bicyclic) bond motifs is 1. The molecule has 0 unspecified atom stereocenters. The molecule has 2 heterocycles. The number of amides is 1. The third-order valence-electron chi connectivity index (χ3n) is 4.95. The Bertz CT molecular complexity index is 747. The van der Waals surface area contributed by atoms with Gasteiger partial charge in [0.1, 0.15) is 5.60 Å². The van der Waals surface area contributed by atoms with Crippen LogP contribution in [0.2, 0.25) is 0 Å². The molecule has 1 aromatic carbocycles. The second-order valence-corrected chi connectivity index (χ2v) is 7.92. The Morgan fingerprint density at radius 1 is 1.21 bits per heavy atom. The Balaban J connectivity index is 1.68. The van der Waals surface area contributed by atoms with Crippen LogP contribution in [0.25, 0.3) is 10.9 Å². The van der Waals surface area contributed by atoms with Gasteiger partial charge in [0.2, 0.25) is 0 Å². The molecule has 0 saturated carbocycles. The van der Waals surface area contributed by atoms with Crippen LogP contribution in [0.1, 0.15) is 56.4 Å². The lowest BCUT2D eigenvalue weighted by Gasteiger charge is -2.33. The van der Waals surface area contributed by atoms with Crippen molar-refractivity contribution in [3.63, 3.8) is 0 Å². The predicted octanol–water partition coefficient (Wildman–Crippen LogP) is 4.90. The van der Waals surface area contributed by atoms with Crippen molar-refractivity contribution in [1.29, 1.82) is 0 Å². The van der Waals surface area contributed by atoms with Gasteiger partial charge in [-0.05, 0) is 76.6 Å². The Morgan fingerprint density at radius 3 is 2.50 bits per heavy atom. The van der Waals surface area contributed by atoms with Gasteiger partial charge in [-0.1, -0.05) is 6.07 Å². The molecule has 1 saturated heterocycles. The number of aryl methyl sites for hydroxylation is 2. The van der Waals surface area contributed by atoms with E-state index in [0.717, 1.165) is 25.9 Å². The predicted molar refractivity (Wildman–Crippen MR) is 97.6 cm³/mol. The molecule has 3 rings (SSSR count). The van der Waals surface area contributed by atoms with Gasteiger partial charge in [0.05, 0.1) is 0 Å². The van der Waals surface area contributed by atoms with Gasteiger partial charge < -0.3 is 14.6 Å². The van der Waals surface area contributed by atoms with Gasteiger partial charge in [-0.25, -0.2) is 4.79 Å². The first kappa shape index (κ1) is 16.9. The number of hydrogen-bond donors (Lipinski definition) is 1. The average molecular weight is 328 g/mol. The molecule has 0 radical (unpaired) electrons. The van der Waals surface area contributed by atoms with Crippen molar-refractivity contribution in [2.45, 2.75) is 59.0 Å². The highest BCUT2D eigenvalue weighted by atomic mass is 16.6. The molecule has 1 fully saturated rings. The van der Waals surface area contributed by atoms with Crippen molar-refractivity contribution < 1.29 is 9.53 Å². The standard InChI is InChI=1S/C20H28N2O2/c1-13-14(2)21-18-7-6-16(12-17(13)18)15-8-10-22(11-9-15)19(23)24-20(3,4)5/h6-7,12,15,21H,8-11H2,1-5H3. The molecular formula is C20H28N2O2. The molecule has 1 aliphatic rings. The fourth-order valence-corrected chi connectivity index (χ4v) is 3.45. The number of nitrogens with zero attached hydrogens (tertiary/aromatic N) is 1. The molecule has 4 heteroatoms. The number of benzene rings is 1. The smallest absolute Gasteiger partial charge is 0.410 e. The van der Waals surface area contributed by atoms with E-state index in [4.69, 9.17) is 4.74 Å². The van der Waals surface area contributed by atoms with Crippen LogP contribution in [0.5, 0.6) is 0 Å². The number of hydrogen-bond acceptors (Lipinski definition) is 2. The quantitative estimate of drug-likeness (QED) is 0.809. The van der Waals surface area contributed by atoms with E-state index < -0.39 is 5.60 Å². The Morgan fingerprint density at radius 2 is 1.88 bits per heavy atom. The first-order chi connectivity index (χ1) is 11.2. The largest absolute Gasteiger partial charge is 0.444 e. The summed E-state index contributed by atoms with van der Waals surface area (Å²) in [6.07, 6.45) is 1.80. The fraction of sp³-hybridized carbons (Fsp3) is 0.550. The summed E-state index contributed by atoms with van der Waals surface area (Å²) >= 11 is 0. The molecular weight excluding hydrogens is 300 g/mol. The number of ether oxygens (including phenoxy) is 1. The Labute approximate surface area is 144 Å². The lowest BCUT2D eigenvalue weighted by atomic mass is 9.88. The van der Waals surface area contributed by atoms with Crippen LogP contribution >= 0.6 is 0 Å². The maximum absolute atomic E-state index is 12.2. The van der Waals surface area contributed by atoms with E-state index in [-0.39, 0.29) is 6.09 Å². The van der Waals surface area contributed by atoms with Gasteiger partial charge >= 0.3 is 6.09 Å². The minimum absolute atomic E-state index is 0.187.